The van der Waals surface area contributed by atoms with Gasteiger partial charge in [0, 0.05) is 0 Å². The van der Waals surface area contributed by atoms with Crippen molar-refractivity contribution in [3.05, 3.63) is 34.9 Å². The molecule has 0 aliphatic carbocycles. The van der Waals surface area contributed by atoms with Crippen LogP contribution >= 0.6 is 0 Å². The van der Waals surface area contributed by atoms with Gasteiger partial charge in [0.25, 0.3) is 0 Å². The van der Waals surface area contributed by atoms with Gasteiger partial charge in [-0.15, -0.1) is 0 Å². The Morgan fingerprint density at radius 1 is 1.00 bits per heavy atom. The molecule has 0 aliphatic heterocycles. The molecule has 0 aliphatic rings. The average molecular weight is 311 g/mol. The normalized spacial score (nSPS) is 13.6. The van der Waals surface area contributed by atoms with Crippen LogP contribution in [0.3, 0.4) is 0 Å². The summed E-state index contributed by atoms with van der Waals surface area (Å²) >= 11 is 0. The maximum atomic E-state index is 10.2. The fraction of sp³-hybridized carbons (Fsp3) is 0.647. The van der Waals surface area contributed by atoms with Crippen LogP contribution in [0.4, 0.5) is 0 Å². The van der Waals surface area contributed by atoms with Gasteiger partial charge in [-0.05, 0) is 48.7 Å². The molecule has 0 amide bonds. The number of rotatable bonds is 5. The highest BCUT2D eigenvalue weighted by Crippen LogP contribution is 2.37. The van der Waals surface area contributed by atoms with E-state index in [0.29, 0.717) is 6.61 Å². The van der Waals surface area contributed by atoms with Crippen LogP contribution in [0.1, 0.15) is 51.3 Å². The maximum absolute atomic E-state index is 10.2. The monoisotopic (exact) mass is 310 g/mol. The zero-order chi connectivity index (χ0) is 16.5. The van der Waals surface area contributed by atoms with Crippen LogP contribution in [-0.4, -0.2) is 18.5 Å². The third kappa shape index (κ3) is 4.92. The van der Waals surface area contributed by atoms with Gasteiger partial charge in [0.1, 0.15) is 0 Å². The molecule has 3 nitrogen and oxygen atoms in total. The molecule has 0 bridgehead atoms. The molecule has 0 radical (unpaired) electrons. The lowest BCUT2D eigenvalue weighted by molar-refractivity contribution is 0.0782. The predicted octanol–water partition coefficient (Wildman–Crippen LogP) is 3.93. The molecule has 120 valence electrons. The van der Waals surface area contributed by atoms with Gasteiger partial charge in [-0.3, -0.25) is 0 Å². The number of hydrogen-bond acceptors (Lipinski definition) is 3. The molecule has 0 saturated carbocycles. The van der Waals surface area contributed by atoms with E-state index in [4.69, 9.17) is 4.43 Å². The largest absolute Gasteiger partial charge is 0.413 e. The fourth-order valence-corrected chi connectivity index (χ4v) is 2.73. The second kappa shape index (κ2) is 6.21. The van der Waals surface area contributed by atoms with Crippen molar-refractivity contribution in [3.8, 4) is 0 Å². The number of aliphatic hydroxyl groups is 2. The Labute approximate surface area is 130 Å². The van der Waals surface area contributed by atoms with Crippen LogP contribution < -0.4 is 0 Å². The molecule has 21 heavy (non-hydrogen) atoms. The molecule has 0 saturated heterocycles. The molecular weight excluding hydrogens is 280 g/mol. The summed E-state index contributed by atoms with van der Waals surface area (Å²) in [6, 6.07) is 5.75. The van der Waals surface area contributed by atoms with E-state index in [9.17, 15) is 10.2 Å². The minimum atomic E-state index is -1.80. The van der Waals surface area contributed by atoms with Crippen molar-refractivity contribution in [2.45, 2.75) is 71.6 Å². The van der Waals surface area contributed by atoms with Crippen LogP contribution in [0.2, 0.25) is 18.1 Å². The summed E-state index contributed by atoms with van der Waals surface area (Å²) in [7, 11) is -1.80. The van der Waals surface area contributed by atoms with Crippen LogP contribution in [0.15, 0.2) is 18.2 Å². The minimum absolute atomic E-state index is 0.0307. The van der Waals surface area contributed by atoms with Gasteiger partial charge in [-0.2, -0.15) is 0 Å². The van der Waals surface area contributed by atoms with Gasteiger partial charge in [0.15, 0.2) is 8.32 Å². The summed E-state index contributed by atoms with van der Waals surface area (Å²) in [5.74, 6) is 0. The summed E-state index contributed by atoms with van der Waals surface area (Å²) in [6.45, 7) is 15.1. The molecule has 0 atom stereocenters. The zero-order valence-electron chi connectivity index (χ0n) is 14.4. The van der Waals surface area contributed by atoms with Gasteiger partial charge < -0.3 is 14.6 Å². The Morgan fingerprint density at radius 2 is 1.52 bits per heavy atom. The van der Waals surface area contributed by atoms with Crippen molar-refractivity contribution in [3.63, 3.8) is 0 Å². The Kier molecular flexibility index (Phi) is 5.43. The van der Waals surface area contributed by atoms with Gasteiger partial charge >= 0.3 is 0 Å². The third-order valence-corrected chi connectivity index (χ3v) is 8.83. The van der Waals surface area contributed by atoms with Gasteiger partial charge in [-0.25, -0.2) is 0 Å². The van der Waals surface area contributed by atoms with E-state index in [1.54, 1.807) is 13.8 Å². The van der Waals surface area contributed by atoms with Gasteiger partial charge in [-0.1, -0.05) is 39.0 Å². The minimum Gasteiger partial charge on any atom is -0.413 e. The van der Waals surface area contributed by atoms with Crippen LogP contribution in [0.25, 0.3) is 0 Å². The standard InChI is InChI=1S/C17H30O3Si/c1-16(2,3)21(6,7)20-12-14-8-13(11-18)9-15(10-14)17(4,5)19/h8-10,18-19H,11-12H2,1-7H3. The Bertz CT molecular complexity index is 482. The van der Waals surface area contributed by atoms with Crippen molar-refractivity contribution in [2.75, 3.05) is 0 Å². The van der Waals surface area contributed by atoms with E-state index in [1.807, 2.05) is 18.2 Å². The summed E-state index contributed by atoms with van der Waals surface area (Å²) in [4.78, 5) is 0. The van der Waals surface area contributed by atoms with Crippen molar-refractivity contribution in [2.24, 2.45) is 0 Å². The average Bonchev–Trinajstić information content (AvgIpc) is 2.33. The van der Waals surface area contributed by atoms with Crippen LogP contribution in [0.5, 0.6) is 0 Å². The number of aliphatic hydroxyl groups excluding tert-OH is 1. The quantitative estimate of drug-likeness (QED) is 0.810. The summed E-state index contributed by atoms with van der Waals surface area (Å²) in [6.07, 6.45) is 0. The number of hydrogen-bond donors (Lipinski definition) is 2. The molecule has 1 aromatic carbocycles. The van der Waals surface area contributed by atoms with Crippen molar-refractivity contribution < 1.29 is 14.6 Å². The van der Waals surface area contributed by atoms with E-state index < -0.39 is 13.9 Å². The Hall–Kier alpha value is -0.683. The van der Waals surface area contributed by atoms with Gasteiger partial charge in [0.2, 0.25) is 0 Å². The smallest absolute Gasteiger partial charge is 0.192 e. The van der Waals surface area contributed by atoms with E-state index in [0.717, 1.165) is 16.7 Å². The highest BCUT2D eigenvalue weighted by molar-refractivity contribution is 6.74. The molecule has 0 unspecified atom stereocenters. The van der Waals surface area contributed by atoms with Gasteiger partial charge in [0.05, 0.1) is 18.8 Å². The molecule has 0 spiro atoms. The summed E-state index contributed by atoms with van der Waals surface area (Å²) in [5, 5.41) is 19.7. The third-order valence-electron chi connectivity index (χ3n) is 4.35. The van der Waals surface area contributed by atoms with E-state index in [-0.39, 0.29) is 11.6 Å². The molecule has 2 N–H and O–H groups in total. The lowest BCUT2D eigenvalue weighted by Crippen LogP contribution is -2.40. The lowest BCUT2D eigenvalue weighted by atomic mass is 9.94. The molecule has 0 aromatic heterocycles. The number of benzene rings is 1. The van der Waals surface area contributed by atoms with Crippen LogP contribution in [-0.2, 0) is 23.2 Å². The van der Waals surface area contributed by atoms with Crippen LogP contribution in [0, 0.1) is 0 Å². The Balaban J connectivity index is 2.99. The van der Waals surface area contributed by atoms with Crippen molar-refractivity contribution in [1.82, 2.24) is 0 Å². The second-order valence-corrected chi connectivity index (χ2v) is 12.6. The highest BCUT2D eigenvalue weighted by atomic mass is 28.4. The SMILES string of the molecule is CC(C)(O)c1cc(CO)cc(CO[Si](C)(C)C(C)(C)C)c1. The summed E-state index contributed by atoms with van der Waals surface area (Å²) < 4.78 is 6.22. The molecule has 0 fully saturated rings. The first-order valence-corrected chi connectivity index (χ1v) is 10.4. The summed E-state index contributed by atoms with van der Waals surface area (Å²) in [5.41, 5.74) is 1.70. The lowest BCUT2D eigenvalue weighted by Gasteiger charge is -2.36. The molecule has 1 rings (SSSR count). The predicted molar refractivity (Wildman–Crippen MR) is 89.6 cm³/mol. The first-order valence-electron chi connectivity index (χ1n) is 7.47. The van der Waals surface area contributed by atoms with E-state index >= 15 is 0 Å². The molecule has 0 heterocycles. The van der Waals surface area contributed by atoms with E-state index in [1.165, 1.54) is 0 Å². The second-order valence-electron chi connectivity index (χ2n) is 7.80. The first-order chi connectivity index (χ1) is 9.37. The Morgan fingerprint density at radius 3 is 1.95 bits per heavy atom. The zero-order valence-corrected chi connectivity index (χ0v) is 15.4. The molecule has 4 heteroatoms. The van der Waals surface area contributed by atoms with Crippen molar-refractivity contribution >= 4 is 8.32 Å². The van der Waals surface area contributed by atoms with Crippen molar-refractivity contribution in [1.29, 1.82) is 0 Å². The highest BCUT2D eigenvalue weighted by Gasteiger charge is 2.37. The van der Waals surface area contributed by atoms with E-state index in [2.05, 4.69) is 33.9 Å². The molecule has 1 aromatic rings. The fourth-order valence-electron chi connectivity index (χ4n) is 1.77. The maximum Gasteiger partial charge on any atom is 0.192 e. The topological polar surface area (TPSA) is 49.7 Å². The first kappa shape index (κ1) is 18.4. The molecular formula is C17H30O3Si.